The number of esters is 1. The lowest BCUT2D eigenvalue weighted by molar-refractivity contribution is -0.155. The van der Waals surface area contributed by atoms with Gasteiger partial charge in [0.15, 0.2) is 0 Å². The molecular weight excluding hydrogens is 180 g/mol. The number of Topliss-reactive ketones (excluding diaryl/α,β-unsaturated/α-hetero) is 1. The number of hydrogen-bond donors (Lipinski definition) is 0. The lowest BCUT2D eigenvalue weighted by atomic mass is 9.84. The van der Waals surface area contributed by atoms with Crippen LogP contribution < -0.4 is 0 Å². The molecule has 0 aromatic carbocycles. The van der Waals surface area contributed by atoms with Crippen molar-refractivity contribution in [2.45, 2.75) is 41.0 Å². The molecule has 0 aliphatic heterocycles. The van der Waals surface area contributed by atoms with Gasteiger partial charge in [-0.2, -0.15) is 0 Å². The Morgan fingerprint density at radius 1 is 1.29 bits per heavy atom. The molecule has 0 aliphatic rings. The molecule has 0 unspecified atom stereocenters. The van der Waals surface area contributed by atoms with Crippen molar-refractivity contribution in [3.05, 3.63) is 0 Å². The maximum absolute atomic E-state index is 11.5. The quantitative estimate of drug-likeness (QED) is 0.639. The highest BCUT2D eigenvalue weighted by Crippen LogP contribution is 2.24. The molecule has 14 heavy (non-hydrogen) atoms. The first-order chi connectivity index (χ1) is 6.31. The minimum absolute atomic E-state index is 0.0244. The maximum Gasteiger partial charge on any atom is 0.311 e. The molecule has 0 bridgehead atoms. The summed E-state index contributed by atoms with van der Waals surface area (Å²) < 4.78 is 4.90. The predicted molar refractivity (Wildman–Crippen MR) is 54.9 cm³/mol. The fraction of sp³-hybridized carbons (Fsp3) is 0.818. The molecule has 3 nitrogen and oxygen atoms in total. The van der Waals surface area contributed by atoms with Crippen LogP contribution in [0.1, 0.15) is 41.0 Å². The highest BCUT2D eigenvalue weighted by molar-refractivity contribution is 5.87. The van der Waals surface area contributed by atoms with Crippen molar-refractivity contribution in [2.24, 2.45) is 11.3 Å². The molecule has 0 amide bonds. The van der Waals surface area contributed by atoms with Crippen LogP contribution in [0.4, 0.5) is 0 Å². The Hall–Kier alpha value is -0.860. The molecule has 0 spiro atoms. The molecule has 0 aliphatic carbocycles. The van der Waals surface area contributed by atoms with Crippen LogP contribution in [-0.2, 0) is 14.3 Å². The van der Waals surface area contributed by atoms with Gasteiger partial charge in [-0.3, -0.25) is 9.59 Å². The van der Waals surface area contributed by atoms with Crippen LogP contribution in [0.2, 0.25) is 0 Å². The molecule has 0 heterocycles. The van der Waals surface area contributed by atoms with Gasteiger partial charge in [-0.1, -0.05) is 13.8 Å². The van der Waals surface area contributed by atoms with Gasteiger partial charge in [0.25, 0.3) is 0 Å². The van der Waals surface area contributed by atoms with Gasteiger partial charge in [0.2, 0.25) is 0 Å². The molecule has 0 aromatic rings. The smallest absolute Gasteiger partial charge is 0.311 e. The third-order valence-electron chi connectivity index (χ3n) is 2.09. The fourth-order valence-electron chi connectivity index (χ4n) is 1.04. The molecule has 0 N–H and O–H groups in total. The van der Waals surface area contributed by atoms with Crippen LogP contribution >= 0.6 is 0 Å². The largest absolute Gasteiger partial charge is 0.466 e. The summed E-state index contributed by atoms with van der Waals surface area (Å²) in [6.07, 6.45) is 0.253. The van der Waals surface area contributed by atoms with Crippen LogP contribution in [0.25, 0.3) is 0 Å². The summed E-state index contributed by atoms with van der Waals surface area (Å²) in [4.78, 5) is 22.9. The summed E-state index contributed by atoms with van der Waals surface area (Å²) >= 11 is 0. The summed E-state index contributed by atoms with van der Waals surface area (Å²) in [5, 5.41) is 0. The molecule has 0 aromatic heterocycles. The van der Waals surface area contributed by atoms with Gasteiger partial charge < -0.3 is 4.74 Å². The van der Waals surface area contributed by atoms with Crippen molar-refractivity contribution in [1.82, 2.24) is 0 Å². The summed E-state index contributed by atoms with van der Waals surface area (Å²) in [6, 6.07) is 0. The van der Waals surface area contributed by atoms with E-state index in [0.29, 0.717) is 6.61 Å². The van der Waals surface area contributed by atoms with E-state index in [1.807, 2.05) is 13.8 Å². The molecule has 3 heteroatoms. The standard InChI is InChI=1S/C11H20O3/c1-6-14-10(13)11(4,5)7-9(12)8(2)3/h8H,6-7H2,1-5H3. The normalized spacial score (nSPS) is 11.6. The van der Waals surface area contributed by atoms with E-state index in [-0.39, 0.29) is 24.1 Å². The Bertz CT molecular complexity index is 217. The lowest BCUT2D eigenvalue weighted by Crippen LogP contribution is -2.30. The number of ether oxygens (including phenoxy) is 1. The summed E-state index contributed by atoms with van der Waals surface area (Å²) in [7, 11) is 0. The van der Waals surface area contributed by atoms with Gasteiger partial charge in [-0.05, 0) is 20.8 Å². The highest BCUT2D eigenvalue weighted by Gasteiger charge is 2.32. The van der Waals surface area contributed by atoms with Crippen molar-refractivity contribution in [2.75, 3.05) is 6.61 Å². The predicted octanol–water partition coefficient (Wildman–Crippen LogP) is 2.19. The van der Waals surface area contributed by atoms with Crippen molar-refractivity contribution in [3.8, 4) is 0 Å². The zero-order chi connectivity index (χ0) is 11.4. The van der Waals surface area contributed by atoms with Gasteiger partial charge >= 0.3 is 5.97 Å². The number of carbonyl (C=O) groups is 2. The first-order valence-electron chi connectivity index (χ1n) is 5.01. The van der Waals surface area contributed by atoms with Crippen LogP contribution in [0.5, 0.6) is 0 Å². The van der Waals surface area contributed by atoms with Gasteiger partial charge in [0.1, 0.15) is 5.78 Å². The average molecular weight is 200 g/mol. The number of hydrogen-bond acceptors (Lipinski definition) is 3. The van der Waals surface area contributed by atoms with E-state index in [9.17, 15) is 9.59 Å². The lowest BCUT2D eigenvalue weighted by Gasteiger charge is -2.22. The highest BCUT2D eigenvalue weighted by atomic mass is 16.5. The van der Waals surface area contributed by atoms with Crippen molar-refractivity contribution in [1.29, 1.82) is 0 Å². The summed E-state index contributed by atoms with van der Waals surface area (Å²) in [6.45, 7) is 9.28. The summed E-state index contributed by atoms with van der Waals surface area (Å²) in [5.74, 6) is -0.222. The van der Waals surface area contributed by atoms with Crippen LogP contribution in [0.15, 0.2) is 0 Å². The van der Waals surface area contributed by atoms with Gasteiger partial charge in [-0.25, -0.2) is 0 Å². The Balaban J connectivity index is 4.33. The second-order valence-corrected chi connectivity index (χ2v) is 4.40. The van der Waals surface area contributed by atoms with Crippen molar-refractivity contribution < 1.29 is 14.3 Å². The Kier molecular flexibility index (Phi) is 4.81. The summed E-state index contributed by atoms with van der Waals surface area (Å²) in [5.41, 5.74) is -0.697. The van der Waals surface area contributed by atoms with Gasteiger partial charge in [0, 0.05) is 12.3 Å². The zero-order valence-corrected chi connectivity index (χ0v) is 9.72. The second-order valence-electron chi connectivity index (χ2n) is 4.40. The first-order valence-corrected chi connectivity index (χ1v) is 5.01. The Labute approximate surface area is 85.8 Å². The molecule has 82 valence electrons. The van der Waals surface area contributed by atoms with E-state index >= 15 is 0 Å². The third kappa shape index (κ3) is 3.90. The fourth-order valence-corrected chi connectivity index (χ4v) is 1.04. The number of carbonyl (C=O) groups excluding carboxylic acids is 2. The van der Waals surface area contributed by atoms with Crippen molar-refractivity contribution >= 4 is 11.8 Å². The molecule has 0 atom stereocenters. The number of rotatable bonds is 5. The Morgan fingerprint density at radius 2 is 1.79 bits per heavy atom. The SMILES string of the molecule is CCOC(=O)C(C)(C)CC(=O)C(C)C. The van der Waals surface area contributed by atoms with E-state index in [0.717, 1.165) is 0 Å². The molecular formula is C11H20O3. The van der Waals surface area contributed by atoms with Crippen molar-refractivity contribution in [3.63, 3.8) is 0 Å². The maximum atomic E-state index is 11.5. The monoisotopic (exact) mass is 200 g/mol. The zero-order valence-electron chi connectivity index (χ0n) is 9.72. The molecule has 0 saturated carbocycles. The minimum atomic E-state index is -0.697. The van der Waals surface area contributed by atoms with Gasteiger partial charge in [-0.15, -0.1) is 0 Å². The van der Waals surface area contributed by atoms with E-state index in [1.165, 1.54) is 0 Å². The van der Waals surface area contributed by atoms with Crippen LogP contribution in [0, 0.1) is 11.3 Å². The Morgan fingerprint density at radius 3 is 2.14 bits per heavy atom. The number of ketones is 1. The van der Waals surface area contributed by atoms with Gasteiger partial charge in [0.05, 0.1) is 12.0 Å². The first kappa shape index (κ1) is 13.1. The third-order valence-corrected chi connectivity index (χ3v) is 2.09. The molecule has 0 rings (SSSR count). The topological polar surface area (TPSA) is 43.4 Å². The molecule has 0 fully saturated rings. The van der Waals surface area contributed by atoms with E-state index < -0.39 is 5.41 Å². The van der Waals surface area contributed by atoms with Crippen LogP contribution in [0.3, 0.4) is 0 Å². The molecule has 0 saturated heterocycles. The minimum Gasteiger partial charge on any atom is -0.466 e. The van der Waals surface area contributed by atoms with E-state index in [1.54, 1.807) is 20.8 Å². The van der Waals surface area contributed by atoms with Crippen LogP contribution in [-0.4, -0.2) is 18.4 Å². The molecule has 0 radical (unpaired) electrons. The second kappa shape index (κ2) is 5.13. The average Bonchev–Trinajstić information content (AvgIpc) is 2.03. The van der Waals surface area contributed by atoms with E-state index in [4.69, 9.17) is 4.74 Å². The van der Waals surface area contributed by atoms with E-state index in [2.05, 4.69) is 0 Å².